The second-order valence-corrected chi connectivity index (χ2v) is 2.88. The van der Waals surface area contributed by atoms with Crippen LogP contribution in [0.1, 0.15) is 10.4 Å². The van der Waals surface area contributed by atoms with Crippen LogP contribution in [-0.4, -0.2) is 35.2 Å². The predicted octanol–water partition coefficient (Wildman–Crippen LogP) is 1.14. The highest BCUT2D eigenvalue weighted by Gasteiger charge is 2.17. The number of benzene rings is 1. The second kappa shape index (κ2) is 5.09. The van der Waals surface area contributed by atoms with Crippen LogP contribution in [-0.2, 0) is 4.79 Å². The van der Waals surface area contributed by atoms with Crippen molar-refractivity contribution >= 4 is 11.9 Å². The van der Waals surface area contributed by atoms with Gasteiger partial charge in [-0.1, -0.05) is 18.2 Å². The summed E-state index contributed by atoms with van der Waals surface area (Å²) in [7, 11) is 0. The molecule has 0 aliphatic heterocycles. The number of alkyl halides is 1. The molecule has 0 saturated heterocycles. The number of carbonyl (C=O) groups is 2. The molecule has 15 heavy (non-hydrogen) atoms. The third-order valence-corrected chi connectivity index (χ3v) is 1.78. The number of nitrogens with zero attached hydrogens (tertiary/aromatic N) is 1. The molecule has 0 heterocycles. The predicted molar refractivity (Wildman–Crippen MR) is 51.1 cm³/mol. The topological polar surface area (TPSA) is 57.6 Å². The molecule has 0 aromatic heterocycles. The van der Waals surface area contributed by atoms with Crippen molar-refractivity contribution in [3.8, 4) is 0 Å². The van der Waals surface area contributed by atoms with Gasteiger partial charge in [0, 0.05) is 5.56 Å². The Morgan fingerprint density at radius 1 is 1.27 bits per heavy atom. The van der Waals surface area contributed by atoms with Crippen molar-refractivity contribution in [2.75, 3.05) is 13.3 Å². The number of amides is 1. The molecule has 1 aromatic carbocycles. The van der Waals surface area contributed by atoms with Gasteiger partial charge in [0.1, 0.15) is 6.54 Å². The number of rotatable bonds is 4. The molecule has 0 atom stereocenters. The lowest BCUT2D eigenvalue weighted by molar-refractivity contribution is -0.138. The quantitative estimate of drug-likeness (QED) is 0.760. The number of hydrogen-bond donors (Lipinski definition) is 1. The molecule has 0 saturated carbocycles. The van der Waals surface area contributed by atoms with Crippen molar-refractivity contribution < 1.29 is 19.1 Å². The molecular weight excluding hydrogens is 201 g/mol. The minimum Gasteiger partial charge on any atom is -0.480 e. The van der Waals surface area contributed by atoms with Crippen molar-refractivity contribution in [2.24, 2.45) is 0 Å². The fourth-order valence-electron chi connectivity index (χ4n) is 1.09. The first-order valence-corrected chi connectivity index (χ1v) is 4.27. The summed E-state index contributed by atoms with van der Waals surface area (Å²) in [4.78, 5) is 22.5. The van der Waals surface area contributed by atoms with Crippen molar-refractivity contribution in [1.82, 2.24) is 4.90 Å². The Balaban J connectivity index is 2.78. The number of carboxylic acids is 1. The Morgan fingerprint density at radius 2 is 1.87 bits per heavy atom. The maximum atomic E-state index is 12.4. The molecule has 0 radical (unpaired) electrons. The fourth-order valence-corrected chi connectivity index (χ4v) is 1.09. The zero-order valence-corrected chi connectivity index (χ0v) is 7.89. The molecule has 80 valence electrons. The van der Waals surface area contributed by atoms with E-state index in [0.29, 0.717) is 4.90 Å². The third kappa shape index (κ3) is 3.05. The van der Waals surface area contributed by atoms with Gasteiger partial charge in [0.25, 0.3) is 5.91 Å². The molecule has 1 rings (SSSR count). The van der Waals surface area contributed by atoms with Crippen molar-refractivity contribution in [1.29, 1.82) is 0 Å². The first-order chi connectivity index (χ1) is 7.15. The summed E-state index contributed by atoms with van der Waals surface area (Å²) in [6.07, 6.45) is 0. The number of hydrogen-bond acceptors (Lipinski definition) is 2. The monoisotopic (exact) mass is 211 g/mol. The van der Waals surface area contributed by atoms with E-state index in [1.165, 1.54) is 12.1 Å². The Kier molecular flexibility index (Phi) is 3.79. The van der Waals surface area contributed by atoms with Crippen LogP contribution >= 0.6 is 0 Å². The molecule has 0 unspecified atom stereocenters. The molecule has 1 amide bonds. The van der Waals surface area contributed by atoms with Gasteiger partial charge in [-0.2, -0.15) is 0 Å². The summed E-state index contributed by atoms with van der Waals surface area (Å²) in [5.74, 6) is -1.86. The lowest BCUT2D eigenvalue weighted by atomic mass is 10.2. The molecule has 1 N–H and O–H groups in total. The Hall–Kier alpha value is -1.91. The van der Waals surface area contributed by atoms with Crippen LogP contribution in [0.25, 0.3) is 0 Å². The van der Waals surface area contributed by atoms with Gasteiger partial charge in [-0.05, 0) is 12.1 Å². The summed E-state index contributed by atoms with van der Waals surface area (Å²) in [6.45, 7) is -1.75. The summed E-state index contributed by atoms with van der Waals surface area (Å²) < 4.78 is 12.4. The number of halogens is 1. The summed E-state index contributed by atoms with van der Waals surface area (Å²) in [5, 5.41) is 8.45. The highest BCUT2D eigenvalue weighted by atomic mass is 19.1. The molecule has 0 aliphatic carbocycles. The van der Waals surface area contributed by atoms with Crippen LogP contribution < -0.4 is 0 Å². The van der Waals surface area contributed by atoms with Crippen LogP contribution in [0.5, 0.6) is 0 Å². The van der Waals surface area contributed by atoms with Crippen molar-refractivity contribution in [3.63, 3.8) is 0 Å². The van der Waals surface area contributed by atoms with E-state index in [9.17, 15) is 14.0 Å². The van der Waals surface area contributed by atoms with E-state index in [-0.39, 0.29) is 5.56 Å². The lowest BCUT2D eigenvalue weighted by Gasteiger charge is -2.16. The highest BCUT2D eigenvalue weighted by molar-refractivity contribution is 5.95. The Labute approximate surface area is 85.9 Å². The van der Waals surface area contributed by atoms with Crippen molar-refractivity contribution in [2.45, 2.75) is 0 Å². The van der Waals surface area contributed by atoms with E-state index in [1.807, 2.05) is 0 Å². The van der Waals surface area contributed by atoms with E-state index < -0.39 is 25.2 Å². The van der Waals surface area contributed by atoms with Gasteiger partial charge in [0.05, 0.1) is 0 Å². The standard InChI is InChI=1S/C10H10FNO3/c11-7-12(6-9(13)14)10(15)8-4-2-1-3-5-8/h1-5H,6-7H2,(H,13,14). The molecule has 0 fully saturated rings. The molecule has 5 heteroatoms. The van der Waals surface area contributed by atoms with Gasteiger partial charge in [-0.15, -0.1) is 0 Å². The molecule has 0 aliphatic rings. The minimum absolute atomic E-state index is 0.274. The van der Waals surface area contributed by atoms with Crippen LogP contribution in [0.15, 0.2) is 30.3 Å². The molecule has 0 bridgehead atoms. The minimum atomic E-state index is -1.24. The average Bonchev–Trinajstić information content (AvgIpc) is 2.26. The van der Waals surface area contributed by atoms with E-state index in [1.54, 1.807) is 18.2 Å². The van der Waals surface area contributed by atoms with Gasteiger partial charge >= 0.3 is 5.97 Å². The normalized spacial score (nSPS) is 9.67. The van der Waals surface area contributed by atoms with Crippen LogP contribution in [0, 0.1) is 0 Å². The van der Waals surface area contributed by atoms with Crippen molar-refractivity contribution in [3.05, 3.63) is 35.9 Å². The zero-order chi connectivity index (χ0) is 11.3. The first-order valence-electron chi connectivity index (χ1n) is 4.27. The maximum absolute atomic E-state index is 12.4. The molecule has 1 aromatic rings. The summed E-state index contributed by atoms with van der Waals surface area (Å²) >= 11 is 0. The van der Waals surface area contributed by atoms with E-state index in [0.717, 1.165) is 0 Å². The Bertz CT molecular complexity index is 353. The Morgan fingerprint density at radius 3 is 2.33 bits per heavy atom. The van der Waals surface area contributed by atoms with E-state index in [2.05, 4.69) is 0 Å². The molecule has 0 spiro atoms. The van der Waals surface area contributed by atoms with E-state index >= 15 is 0 Å². The SMILES string of the molecule is O=C(O)CN(CF)C(=O)c1ccccc1. The van der Waals surface area contributed by atoms with Gasteiger partial charge in [-0.25, -0.2) is 4.39 Å². The number of aliphatic carboxylic acids is 1. The first kappa shape index (κ1) is 11.2. The summed E-state index contributed by atoms with van der Waals surface area (Å²) in [5.41, 5.74) is 0.274. The van der Waals surface area contributed by atoms with Gasteiger partial charge in [-0.3, -0.25) is 14.5 Å². The van der Waals surface area contributed by atoms with Crippen LogP contribution in [0.3, 0.4) is 0 Å². The van der Waals surface area contributed by atoms with E-state index in [4.69, 9.17) is 5.11 Å². The summed E-state index contributed by atoms with van der Waals surface area (Å²) in [6, 6.07) is 7.99. The van der Waals surface area contributed by atoms with Gasteiger partial charge < -0.3 is 5.11 Å². The maximum Gasteiger partial charge on any atom is 0.323 e. The van der Waals surface area contributed by atoms with Crippen LogP contribution in [0.2, 0.25) is 0 Å². The van der Waals surface area contributed by atoms with Gasteiger partial charge in [0.15, 0.2) is 6.80 Å². The second-order valence-electron chi connectivity index (χ2n) is 2.88. The molecule has 4 nitrogen and oxygen atoms in total. The average molecular weight is 211 g/mol. The zero-order valence-electron chi connectivity index (χ0n) is 7.89. The fraction of sp³-hybridized carbons (Fsp3) is 0.200. The van der Waals surface area contributed by atoms with Gasteiger partial charge in [0.2, 0.25) is 0 Å². The lowest BCUT2D eigenvalue weighted by Crippen LogP contribution is -2.34. The number of carboxylic acid groups (broad SMARTS) is 1. The number of carbonyl (C=O) groups excluding carboxylic acids is 1. The van der Waals surface area contributed by atoms with Crippen LogP contribution in [0.4, 0.5) is 4.39 Å². The largest absolute Gasteiger partial charge is 0.480 e. The molecular formula is C10H10FNO3. The highest BCUT2D eigenvalue weighted by Crippen LogP contribution is 2.04. The smallest absolute Gasteiger partial charge is 0.323 e. The third-order valence-electron chi connectivity index (χ3n) is 1.78.